The van der Waals surface area contributed by atoms with E-state index in [1.807, 2.05) is 18.5 Å². The molecule has 266 valence electrons. The van der Waals surface area contributed by atoms with Crippen molar-refractivity contribution in [2.45, 2.75) is 27.7 Å². The van der Waals surface area contributed by atoms with Crippen LogP contribution in [0.15, 0.2) is 176 Å². The summed E-state index contributed by atoms with van der Waals surface area (Å²) in [5.74, 6) is 0. The second-order valence-electron chi connectivity index (χ2n) is 15.5. The van der Waals surface area contributed by atoms with Gasteiger partial charge in [-0.25, -0.2) is 0 Å². The number of rotatable bonds is 5. The van der Waals surface area contributed by atoms with E-state index in [1.54, 1.807) is 0 Å². The lowest BCUT2D eigenvalue weighted by Crippen LogP contribution is -1.94. The molecule has 0 saturated carbocycles. The Bertz CT molecular complexity index is 3130. The fourth-order valence-electron chi connectivity index (χ4n) is 9.14. The van der Waals surface area contributed by atoms with Crippen LogP contribution in [0.3, 0.4) is 0 Å². The number of fused-ring (bicyclic) bond motifs is 5. The minimum atomic E-state index is 1.11. The van der Waals surface area contributed by atoms with E-state index in [2.05, 4.69) is 190 Å². The molecule has 10 aromatic rings. The Morgan fingerprint density at radius 1 is 0.304 bits per heavy atom. The second kappa shape index (κ2) is 13.5. The van der Waals surface area contributed by atoms with Crippen molar-refractivity contribution in [2.24, 2.45) is 0 Å². The van der Waals surface area contributed by atoms with Crippen molar-refractivity contribution in [3.63, 3.8) is 0 Å². The zero-order chi connectivity index (χ0) is 37.9. The van der Waals surface area contributed by atoms with E-state index in [0.29, 0.717) is 0 Å². The van der Waals surface area contributed by atoms with E-state index in [4.69, 9.17) is 0 Å². The molecule has 0 N–H and O–H groups in total. The molecular formula is C55H41N. The molecule has 0 aliphatic heterocycles. The van der Waals surface area contributed by atoms with Gasteiger partial charge in [0.1, 0.15) is 0 Å². The van der Waals surface area contributed by atoms with Crippen LogP contribution in [0.4, 0.5) is 0 Å². The summed E-state index contributed by atoms with van der Waals surface area (Å²) >= 11 is 0. The highest BCUT2D eigenvalue weighted by atomic mass is 14.6. The Morgan fingerprint density at radius 3 is 1.32 bits per heavy atom. The van der Waals surface area contributed by atoms with E-state index in [9.17, 15) is 0 Å². The number of hydrogen-bond acceptors (Lipinski definition) is 1. The van der Waals surface area contributed by atoms with Crippen LogP contribution in [0.5, 0.6) is 0 Å². The van der Waals surface area contributed by atoms with Crippen LogP contribution in [-0.2, 0) is 0 Å². The molecule has 1 aromatic heterocycles. The molecule has 0 fully saturated rings. The summed E-state index contributed by atoms with van der Waals surface area (Å²) in [6.07, 6.45) is 3.85. The summed E-state index contributed by atoms with van der Waals surface area (Å²) in [6, 6.07) is 61.3. The Morgan fingerprint density at radius 2 is 0.786 bits per heavy atom. The van der Waals surface area contributed by atoms with Crippen LogP contribution < -0.4 is 0 Å². The molecule has 0 unspecified atom stereocenters. The average Bonchev–Trinajstić information content (AvgIpc) is 3.21. The van der Waals surface area contributed by atoms with Gasteiger partial charge in [-0.1, -0.05) is 150 Å². The van der Waals surface area contributed by atoms with Gasteiger partial charge in [0.15, 0.2) is 0 Å². The first-order valence-corrected chi connectivity index (χ1v) is 19.5. The van der Waals surface area contributed by atoms with Crippen molar-refractivity contribution in [1.82, 2.24) is 4.98 Å². The molecule has 0 aliphatic carbocycles. The molecule has 0 spiro atoms. The van der Waals surface area contributed by atoms with Crippen molar-refractivity contribution in [2.75, 3.05) is 0 Å². The van der Waals surface area contributed by atoms with Crippen molar-refractivity contribution in [3.05, 3.63) is 198 Å². The Hall–Kier alpha value is -6.83. The van der Waals surface area contributed by atoms with Gasteiger partial charge in [0.25, 0.3) is 0 Å². The van der Waals surface area contributed by atoms with Gasteiger partial charge >= 0.3 is 0 Å². The van der Waals surface area contributed by atoms with Gasteiger partial charge in [-0.3, -0.25) is 4.98 Å². The molecule has 0 bridgehead atoms. The highest BCUT2D eigenvalue weighted by Crippen LogP contribution is 2.48. The maximum Gasteiger partial charge on any atom is 0.0346 e. The monoisotopic (exact) mass is 715 g/mol. The molecule has 9 aromatic carbocycles. The number of aromatic nitrogens is 1. The Balaban J connectivity index is 1.36. The summed E-state index contributed by atoms with van der Waals surface area (Å²) in [7, 11) is 0. The predicted octanol–water partition coefficient (Wildman–Crippen LogP) is 15.3. The normalized spacial score (nSPS) is 11.6. The molecule has 1 nitrogen and oxygen atoms in total. The third-order valence-electron chi connectivity index (χ3n) is 11.4. The molecule has 0 amide bonds. The molecular weight excluding hydrogens is 675 g/mol. The van der Waals surface area contributed by atoms with Gasteiger partial charge < -0.3 is 0 Å². The van der Waals surface area contributed by atoms with Gasteiger partial charge in [0.05, 0.1) is 0 Å². The first kappa shape index (κ1) is 33.7. The zero-order valence-electron chi connectivity index (χ0n) is 32.2. The van der Waals surface area contributed by atoms with E-state index in [-0.39, 0.29) is 0 Å². The molecule has 0 saturated heterocycles. The third-order valence-corrected chi connectivity index (χ3v) is 11.4. The molecule has 1 heterocycles. The number of pyridine rings is 1. The first-order valence-electron chi connectivity index (χ1n) is 19.5. The number of benzene rings is 9. The van der Waals surface area contributed by atoms with E-state index >= 15 is 0 Å². The molecule has 56 heavy (non-hydrogen) atoms. The fraction of sp³-hybridized carbons (Fsp3) is 0.0727. The van der Waals surface area contributed by atoms with Crippen LogP contribution in [0.25, 0.3) is 98.7 Å². The summed E-state index contributed by atoms with van der Waals surface area (Å²) in [4.78, 5) is 4.56. The van der Waals surface area contributed by atoms with Crippen LogP contribution in [0.2, 0.25) is 0 Å². The zero-order valence-corrected chi connectivity index (χ0v) is 32.2. The average molecular weight is 716 g/mol. The SMILES string of the molecule is Cc1cc(C)cc(-c2cccc(-c3c4ccccc4c(-c4cccc(-c5cc(C)cc(C)c5)c4)c4cc5c(cc34)c(-c3cccnc3)cc3ccccc35)c2)c1. The lowest BCUT2D eigenvalue weighted by atomic mass is 9.82. The van der Waals surface area contributed by atoms with E-state index < -0.39 is 0 Å². The quantitative estimate of drug-likeness (QED) is 0.128. The highest BCUT2D eigenvalue weighted by Gasteiger charge is 2.20. The van der Waals surface area contributed by atoms with Crippen molar-refractivity contribution in [1.29, 1.82) is 0 Å². The Kier molecular flexibility index (Phi) is 8.12. The maximum atomic E-state index is 4.56. The Labute approximate surface area is 328 Å². The number of hydrogen-bond donors (Lipinski definition) is 0. The van der Waals surface area contributed by atoms with Crippen molar-refractivity contribution >= 4 is 43.1 Å². The minimum absolute atomic E-state index is 1.11. The minimum Gasteiger partial charge on any atom is -0.264 e. The molecule has 0 aliphatic rings. The summed E-state index contributed by atoms with van der Waals surface area (Å²) in [5, 5.41) is 9.91. The van der Waals surface area contributed by atoms with Gasteiger partial charge in [0.2, 0.25) is 0 Å². The topological polar surface area (TPSA) is 12.9 Å². The largest absolute Gasteiger partial charge is 0.264 e. The van der Waals surface area contributed by atoms with E-state index in [1.165, 1.54) is 115 Å². The van der Waals surface area contributed by atoms with Gasteiger partial charge in [0, 0.05) is 18.0 Å². The van der Waals surface area contributed by atoms with Crippen LogP contribution in [-0.4, -0.2) is 4.98 Å². The number of aryl methyl sites for hydroxylation is 4. The van der Waals surface area contributed by atoms with Crippen molar-refractivity contribution in [3.8, 4) is 55.6 Å². The van der Waals surface area contributed by atoms with Crippen LogP contribution in [0.1, 0.15) is 22.3 Å². The first-order chi connectivity index (χ1) is 27.4. The predicted molar refractivity (Wildman–Crippen MR) is 240 cm³/mol. The molecule has 1 heteroatoms. The highest BCUT2D eigenvalue weighted by molar-refractivity contribution is 6.27. The number of nitrogens with zero attached hydrogens (tertiary/aromatic N) is 1. The summed E-state index contributed by atoms with van der Waals surface area (Å²) < 4.78 is 0. The van der Waals surface area contributed by atoms with Crippen LogP contribution >= 0.6 is 0 Å². The van der Waals surface area contributed by atoms with Crippen molar-refractivity contribution < 1.29 is 0 Å². The summed E-state index contributed by atoms with van der Waals surface area (Å²) in [6.45, 7) is 8.74. The molecule has 0 atom stereocenters. The smallest absolute Gasteiger partial charge is 0.0346 e. The van der Waals surface area contributed by atoms with Gasteiger partial charge in [-0.2, -0.15) is 0 Å². The lowest BCUT2D eigenvalue weighted by Gasteiger charge is -2.21. The second-order valence-corrected chi connectivity index (χ2v) is 15.5. The van der Waals surface area contributed by atoms with Crippen LogP contribution in [0, 0.1) is 27.7 Å². The fourth-order valence-corrected chi connectivity index (χ4v) is 9.14. The van der Waals surface area contributed by atoms with Gasteiger partial charge in [-0.05, 0) is 157 Å². The third kappa shape index (κ3) is 5.84. The molecule has 10 rings (SSSR count). The molecule has 0 radical (unpaired) electrons. The standard InChI is InChI=1S/C55H41N/c1-34-22-35(2)25-44(24-34)38-13-9-15-41(28-38)54-47-19-7-8-20-48(47)55(42-16-10-14-39(29-42)45-26-36(3)23-37(4)27-45)53-32-51-49(43-17-11-21-56-33-43)30-40-12-5-6-18-46(40)50(51)31-52(53)54/h5-33H,1-4H3. The lowest BCUT2D eigenvalue weighted by molar-refractivity contribution is 1.33. The van der Waals surface area contributed by atoms with Gasteiger partial charge in [-0.15, -0.1) is 0 Å². The summed E-state index contributed by atoms with van der Waals surface area (Å²) in [5.41, 5.74) is 17.3. The van der Waals surface area contributed by atoms with E-state index in [0.717, 1.165) is 5.56 Å². The maximum absolute atomic E-state index is 4.56.